The molecule has 8 aromatic heterocycles. The van der Waals surface area contributed by atoms with Gasteiger partial charge in [0, 0.05) is 93.5 Å². The zero-order valence-electron chi connectivity index (χ0n) is 76.8. The maximum atomic E-state index is 13.4. The van der Waals surface area contributed by atoms with Crippen molar-refractivity contribution in [3.8, 4) is 0 Å². The van der Waals surface area contributed by atoms with Crippen LogP contribution in [0.15, 0.2) is 154 Å². The molecule has 12 aromatic rings. The van der Waals surface area contributed by atoms with Gasteiger partial charge in [0.05, 0.1) is 105 Å². The van der Waals surface area contributed by atoms with Crippen LogP contribution in [-0.2, 0) is 145 Å². The molecule has 1 saturated carbocycles. The first-order valence-electron chi connectivity index (χ1n) is 43.3. The predicted octanol–water partition coefficient (Wildman–Crippen LogP) is 14.9. The van der Waals surface area contributed by atoms with E-state index < -0.39 is 58.0 Å². The third-order valence-electron chi connectivity index (χ3n) is 19.3. The number of rotatable bonds is 52. The zero-order valence-corrected chi connectivity index (χ0v) is 86.7. The molecule has 4 atom stereocenters. The SMILES string of the molecule is C=CCC(=O)SCCOP(=O)(COCCn1cnc2c(=O)[nH]c(N)nc21)OCc1cccc(Cl)c1.CC(C)(C)C(=O)SCCOP(=O)(COCCn1cnc2c(=O)[nH]c(N)nc21)OCc1cccc(Cl)c1.CCC(=O)SCCOP(=O)(COCCn1cnc2c(=O)[nH]c(N)nc21)OCc1cccc(Cl)c1.Nc1nc2c(ncn2CCOCP(=O)(OCCSC(=O)C2CCC2)OCc2cccc(Cl)c2)c(=O)[nH]1. The number of thioether (sulfide) groups is 4. The lowest BCUT2D eigenvalue weighted by Gasteiger charge is -2.23. The first-order valence-corrected chi connectivity index (χ1v) is 55.6. The molecule has 56 heteroatoms. The van der Waals surface area contributed by atoms with Crippen LogP contribution in [0, 0.1) is 11.3 Å². The average Bonchev–Trinajstić information content (AvgIpc) is 1.71. The van der Waals surface area contributed by atoms with Gasteiger partial charge in [-0.15, -0.1) is 6.58 Å². The monoisotopic (exact) mass is 2180 g/mol. The number of imidazole rings is 4. The number of nitrogens with two attached hydrogens (primary N) is 4. The number of allylic oxidation sites excluding steroid dienone is 1. The molecule has 1 aliphatic rings. The highest BCUT2D eigenvalue weighted by atomic mass is 35.5. The number of ether oxygens (including phenoxy) is 4. The fourth-order valence-corrected chi connectivity index (χ4v) is 21.5. The van der Waals surface area contributed by atoms with Crippen LogP contribution >= 0.6 is 124 Å². The zero-order chi connectivity index (χ0) is 102. The molecule has 8 heterocycles. The number of fused-ring (bicyclic) bond motifs is 4. The summed E-state index contributed by atoms with van der Waals surface area (Å²) in [4.78, 5) is 137. The smallest absolute Gasteiger partial charge is 0.356 e. The average molecular weight is 2190 g/mol. The number of halogens is 4. The maximum Gasteiger partial charge on any atom is 0.356 e. The number of hydrogen-bond donors (Lipinski definition) is 8. The summed E-state index contributed by atoms with van der Waals surface area (Å²) in [6.07, 6.45) is 9.70. The summed E-state index contributed by atoms with van der Waals surface area (Å²) < 4.78 is 127. The van der Waals surface area contributed by atoms with Crippen molar-refractivity contribution >= 4 is 213 Å². The third kappa shape index (κ3) is 37.8. The lowest BCUT2D eigenvalue weighted by molar-refractivity contribution is -0.117. The summed E-state index contributed by atoms with van der Waals surface area (Å²) in [5.41, 5.74) is 25.0. The van der Waals surface area contributed by atoms with Gasteiger partial charge in [0.2, 0.25) is 23.8 Å². The molecule has 1 fully saturated rings. The molecule has 4 unspecified atom stereocenters. The Morgan fingerprint density at radius 1 is 0.426 bits per heavy atom. The minimum Gasteiger partial charge on any atom is -0.369 e. The molecule has 0 bridgehead atoms. The molecule has 0 amide bonds. The van der Waals surface area contributed by atoms with E-state index in [-0.39, 0.29) is 210 Å². The van der Waals surface area contributed by atoms with Crippen LogP contribution in [0.25, 0.3) is 44.7 Å². The van der Waals surface area contributed by atoms with Crippen LogP contribution in [0.2, 0.25) is 20.1 Å². The first kappa shape index (κ1) is 114. The van der Waals surface area contributed by atoms with Gasteiger partial charge < -0.3 is 96.3 Å². The van der Waals surface area contributed by atoms with Gasteiger partial charge in [0.15, 0.2) is 65.1 Å². The second-order valence-electron chi connectivity index (χ2n) is 31.3. The first-order chi connectivity index (χ1) is 67.4. The topological polar surface area (TPSA) is 606 Å². The van der Waals surface area contributed by atoms with E-state index in [0.717, 1.165) is 76.8 Å². The number of aromatic nitrogens is 16. The molecule has 762 valence electrons. The fraction of sp³-hybridized carbons (Fsp3) is 0.412. The van der Waals surface area contributed by atoms with Crippen LogP contribution in [0.5, 0.6) is 0 Å². The van der Waals surface area contributed by atoms with Crippen LogP contribution in [-0.4, -0.2) is 200 Å². The van der Waals surface area contributed by atoms with Crippen molar-refractivity contribution in [2.75, 3.05) is 124 Å². The van der Waals surface area contributed by atoms with Gasteiger partial charge in [-0.25, -0.2) is 19.9 Å². The van der Waals surface area contributed by atoms with Crippen LogP contribution in [0.1, 0.15) is 82.1 Å². The second kappa shape index (κ2) is 56.4. The minimum atomic E-state index is -3.68. The summed E-state index contributed by atoms with van der Waals surface area (Å²) in [7, 11) is -14.6. The lowest BCUT2D eigenvalue weighted by Crippen LogP contribution is -2.20. The maximum absolute atomic E-state index is 13.4. The number of nitrogens with zero attached hydrogens (tertiary/aromatic N) is 12. The number of H-pyrrole nitrogens is 4. The number of anilines is 4. The standard InChI is InChI=1S/C22H27ClN5O6PS.C22H29ClN5O6PS.C21H25ClN5O6PS.C20H25ClN5O6PS/c23-17-6-1-3-15(11-17)12-34-35(31,33-9-10-36-21(30)16-4-2-5-16)14-32-8-7-28-13-25-18-19(28)26-22(24)27-20(18)29;1-22(2,3)20(30)36-10-9-33-35(31,34-12-15-5-4-6-16(23)11-15)14-32-8-7-28-13-25-17-18(28)26-21(24)27-19(17)29;1-2-4-17(28)35-10-9-32-34(30,33-12-15-5-3-6-16(22)11-15)14-31-8-7-27-13-24-18-19(27)25-21(23)26-20(18)29;1-2-16(27)34-9-8-31-33(29,32-11-14-4-3-5-15(21)10-14)13-30-7-6-26-12-23-17-18(26)24-20(22)25-19(17)28/h1,3,6,11,13,16H,2,4-5,7-10,12,14H2,(H3,24,26,27,29);4-6,11,13H,7-10,12,14H2,1-3H3,(H3,24,26,27,29);2-3,5-6,11,13H,1,4,7-10,12,14H2,(H3,23,25,26,29);3-5,10,12H,2,6-9,11,13H2,1H3,(H3,22,24,25,28). The summed E-state index contributed by atoms with van der Waals surface area (Å²) in [6.45, 7) is 12.6. The molecule has 0 radical (unpaired) electrons. The van der Waals surface area contributed by atoms with Gasteiger partial charge in [-0.1, -0.05) is 182 Å². The van der Waals surface area contributed by atoms with Gasteiger partial charge >= 0.3 is 30.4 Å². The molecule has 0 spiro atoms. The number of benzene rings is 4. The Morgan fingerprint density at radius 2 is 0.702 bits per heavy atom. The molecule has 1 aliphatic carbocycles. The van der Waals surface area contributed by atoms with E-state index in [1.165, 1.54) is 43.1 Å². The Hall–Kier alpha value is -9.10. The number of hydrogen-bond acceptors (Lipinski definition) is 40. The van der Waals surface area contributed by atoms with E-state index in [2.05, 4.69) is 66.4 Å². The van der Waals surface area contributed by atoms with Crippen molar-refractivity contribution in [1.29, 1.82) is 0 Å². The van der Waals surface area contributed by atoms with Crippen LogP contribution in [0.4, 0.5) is 23.8 Å². The third-order valence-corrected chi connectivity index (χ3v) is 30.7. The highest BCUT2D eigenvalue weighted by Gasteiger charge is 2.33. The predicted molar refractivity (Wildman–Crippen MR) is 544 cm³/mol. The van der Waals surface area contributed by atoms with Crippen molar-refractivity contribution in [3.05, 3.63) is 219 Å². The molecule has 0 aliphatic heterocycles. The molecular weight excluding hydrogens is 2080 g/mol. The molecular formula is C85H106Cl4N20O24P4S4. The number of nitrogen functional groups attached to an aromatic ring is 4. The Labute approximate surface area is 844 Å². The Bertz CT molecular complexity index is 6710. The Kier molecular flexibility index (Phi) is 45.5. The summed E-state index contributed by atoms with van der Waals surface area (Å²) in [6, 6.07) is 27.9. The number of carbonyl (C=O) groups is 4. The van der Waals surface area contributed by atoms with E-state index in [4.69, 9.17) is 124 Å². The molecule has 141 heavy (non-hydrogen) atoms. The Morgan fingerprint density at radius 3 is 0.957 bits per heavy atom. The fourth-order valence-electron chi connectivity index (χ4n) is 12.1. The van der Waals surface area contributed by atoms with Crippen LogP contribution in [0.3, 0.4) is 0 Å². The summed E-state index contributed by atoms with van der Waals surface area (Å²) in [5, 5.41) is 2.24. The molecule has 12 N–H and O–H groups in total. The Balaban J connectivity index is 0.000000193. The summed E-state index contributed by atoms with van der Waals surface area (Å²) >= 11 is 28.5. The van der Waals surface area contributed by atoms with Gasteiger partial charge in [0.25, 0.3) is 22.2 Å². The van der Waals surface area contributed by atoms with Crippen molar-refractivity contribution in [2.24, 2.45) is 11.3 Å². The van der Waals surface area contributed by atoms with Crippen molar-refractivity contribution in [2.45, 2.75) is 112 Å². The summed E-state index contributed by atoms with van der Waals surface area (Å²) in [5.74, 6) is 1.39. The van der Waals surface area contributed by atoms with Gasteiger partial charge in [0.1, 0.15) is 25.4 Å². The van der Waals surface area contributed by atoms with E-state index >= 15 is 0 Å². The van der Waals surface area contributed by atoms with E-state index in [0.29, 0.717) is 72.1 Å². The van der Waals surface area contributed by atoms with Crippen molar-refractivity contribution in [1.82, 2.24) is 78.1 Å². The van der Waals surface area contributed by atoms with Gasteiger partial charge in [-0.3, -0.25) is 76.6 Å². The molecule has 0 saturated heterocycles. The number of carbonyl (C=O) groups excluding carboxylic acids is 4. The van der Waals surface area contributed by atoms with Gasteiger partial charge in [-0.2, -0.15) is 19.9 Å². The van der Waals surface area contributed by atoms with Crippen molar-refractivity contribution < 1.29 is 92.6 Å². The highest BCUT2D eigenvalue weighted by Crippen LogP contribution is 2.53. The number of aromatic amines is 4. The van der Waals surface area contributed by atoms with E-state index in [1.54, 1.807) is 122 Å². The second-order valence-corrected chi connectivity index (χ2v) is 45.5. The minimum absolute atomic E-state index is 0.00185. The van der Waals surface area contributed by atoms with Crippen molar-refractivity contribution in [3.63, 3.8) is 0 Å². The molecule has 13 rings (SSSR count). The van der Waals surface area contributed by atoms with E-state index in [9.17, 15) is 56.6 Å². The molecule has 4 aromatic carbocycles. The van der Waals surface area contributed by atoms with Crippen LogP contribution < -0.4 is 45.2 Å². The highest BCUT2D eigenvalue weighted by molar-refractivity contribution is 8.14. The van der Waals surface area contributed by atoms with E-state index in [1.807, 2.05) is 20.8 Å². The van der Waals surface area contributed by atoms with Gasteiger partial charge in [-0.05, 0) is 83.6 Å². The lowest BCUT2D eigenvalue weighted by atomic mass is 9.87. The molecule has 44 nitrogen and oxygen atoms in total. The quantitative estimate of drug-likeness (QED) is 0.00997. The number of nitrogens with one attached hydrogen (secondary N) is 4. The largest absolute Gasteiger partial charge is 0.369 e. The normalized spacial score (nSPS) is 13.9.